The summed E-state index contributed by atoms with van der Waals surface area (Å²) in [5, 5.41) is 0.667. The van der Waals surface area contributed by atoms with E-state index in [2.05, 4.69) is 0 Å². The van der Waals surface area contributed by atoms with Crippen molar-refractivity contribution in [2.45, 2.75) is 27.7 Å². The largest absolute Gasteiger partial charge is 0.464 e. The molecule has 15 heavy (non-hydrogen) atoms. The highest BCUT2D eigenvalue weighted by Gasteiger charge is 2.02. The van der Waals surface area contributed by atoms with Gasteiger partial charge >= 0.3 is 0 Å². The van der Waals surface area contributed by atoms with E-state index in [1.165, 1.54) is 6.26 Å². The summed E-state index contributed by atoms with van der Waals surface area (Å²) in [4.78, 5) is 11.6. The average molecular weight is 204 g/mol. The molecule has 2 nitrogen and oxygen atoms in total. The van der Waals surface area contributed by atoms with E-state index >= 15 is 0 Å². The molecule has 80 valence electrons. The minimum Gasteiger partial charge on any atom is -0.464 e. The molecule has 2 heteroatoms. The Kier molecular flexibility index (Phi) is 3.67. The molecule has 0 amide bonds. The summed E-state index contributed by atoms with van der Waals surface area (Å²) in [5.41, 5.74) is 2.44. The Morgan fingerprint density at radius 1 is 1.13 bits per heavy atom. The van der Waals surface area contributed by atoms with E-state index in [0.29, 0.717) is 16.5 Å². The number of benzene rings is 1. The Balaban J connectivity index is 0.000000531. The van der Waals surface area contributed by atoms with Crippen molar-refractivity contribution in [1.29, 1.82) is 0 Å². The maximum Gasteiger partial charge on any atom is 0.195 e. The molecule has 0 unspecified atom stereocenters. The first-order valence-electron chi connectivity index (χ1n) is 5.17. The van der Waals surface area contributed by atoms with Crippen molar-refractivity contribution in [1.82, 2.24) is 0 Å². The standard InChI is InChI=1S/C11H10O2.C2H6/c1-7-3-4-10-9(5-7)11(12)8(2)6-13-10;1-2/h3-6H,1-2H3;1-2H3. The van der Waals surface area contributed by atoms with Gasteiger partial charge in [-0.1, -0.05) is 25.5 Å². The second kappa shape index (κ2) is 4.78. The quantitative estimate of drug-likeness (QED) is 0.658. The molecule has 0 bridgehead atoms. The van der Waals surface area contributed by atoms with Crippen molar-refractivity contribution in [3.63, 3.8) is 0 Å². The fourth-order valence-electron chi connectivity index (χ4n) is 1.34. The van der Waals surface area contributed by atoms with Crippen molar-refractivity contribution in [3.05, 3.63) is 45.8 Å². The van der Waals surface area contributed by atoms with Gasteiger partial charge in [-0.3, -0.25) is 4.79 Å². The molecule has 0 N–H and O–H groups in total. The fraction of sp³-hybridized carbons (Fsp3) is 0.308. The van der Waals surface area contributed by atoms with Crippen LogP contribution in [0.1, 0.15) is 25.0 Å². The summed E-state index contributed by atoms with van der Waals surface area (Å²) in [5.74, 6) is 0. The molecule has 2 rings (SSSR count). The van der Waals surface area contributed by atoms with Gasteiger partial charge in [-0.25, -0.2) is 0 Å². The Bertz CT molecular complexity index is 504. The molecule has 1 aromatic carbocycles. The molecule has 0 spiro atoms. The number of hydrogen-bond acceptors (Lipinski definition) is 2. The lowest BCUT2D eigenvalue weighted by atomic mass is 10.1. The van der Waals surface area contributed by atoms with Gasteiger partial charge < -0.3 is 4.42 Å². The summed E-state index contributed by atoms with van der Waals surface area (Å²) < 4.78 is 5.28. The number of fused-ring (bicyclic) bond motifs is 1. The third kappa shape index (κ3) is 2.27. The minimum absolute atomic E-state index is 0.0601. The van der Waals surface area contributed by atoms with Crippen LogP contribution >= 0.6 is 0 Å². The summed E-state index contributed by atoms with van der Waals surface area (Å²) >= 11 is 0. The molecule has 0 aliphatic heterocycles. The SMILES string of the molecule is CC.Cc1ccc2occ(C)c(=O)c2c1. The molecule has 0 aliphatic carbocycles. The predicted octanol–water partition coefficient (Wildman–Crippen LogP) is 3.44. The van der Waals surface area contributed by atoms with E-state index in [1.54, 1.807) is 6.92 Å². The average Bonchev–Trinajstić information content (AvgIpc) is 2.27. The molecule has 0 saturated carbocycles. The van der Waals surface area contributed by atoms with E-state index in [1.807, 2.05) is 39.0 Å². The smallest absolute Gasteiger partial charge is 0.195 e. The molecule has 0 radical (unpaired) electrons. The zero-order chi connectivity index (χ0) is 11.4. The highest BCUT2D eigenvalue weighted by Crippen LogP contribution is 2.12. The van der Waals surface area contributed by atoms with Gasteiger partial charge in [0.1, 0.15) is 5.58 Å². The van der Waals surface area contributed by atoms with Gasteiger partial charge in [-0.15, -0.1) is 0 Å². The van der Waals surface area contributed by atoms with Crippen LogP contribution in [0.5, 0.6) is 0 Å². The van der Waals surface area contributed by atoms with Crippen LogP contribution in [0.25, 0.3) is 11.0 Å². The van der Waals surface area contributed by atoms with Crippen LogP contribution in [0.2, 0.25) is 0 Å². The highest BCUT2D eigenvalue weighted by atomic mass is 16.3. The Hall–Kier alpha value is -1.57. The van der Waals surface area contributed by atoms with Crippen LogP contribution in [0.4, 0.5) is 0 Å². The van der Waals surface area contributed by atoms with Gasteiger partial charge in [0.15, 0.2) is 5.43 Å². The van der Waals surface area contributed by atoms with Gasteiger partial charge in [0, 0.05) is 5.56 Å². The van der Waals surface area contributed by atoms with Gasteiger partial charge in [0.2, 0.25) is 0 Å². The first-order valence-corrected chi connectivity index (χ1v) is 5.17. The van der Waals surface area contributed by atoms with Crippen LogP contribution in [0, 0.1) is 13.8 Å². The summed E-state index contributed by atoms with van der Waals surface area (Å²) in [6.07, 6.45) is 1.50. The number of rotatable bonds is 0. The van der Waals surface area contributed by atoms with Crippen LogP contribution < -0.4 is 5.43 Å². The van der Waals surface area contributed by atoms with E-state index in [9.17, 15) is 4.79 Å². The summed E-state index contributed by atoms with van der Waals surface area (Å²) in [6.45, 7) is 7.72. The van der Waals surface area contributed by atoms with Crippen molar-refractivity contribution < 1.29 is 4.42 Å². The Morgan fingerprint density at radius 2 is 1.80 bits per heavy atom. The Morgan fingerprint density at radius 3 is 2.47 bits per heavy atom. The topological polar surface area (TPSA) is 30.2 Å². The first-order chi connectivity index (χ1) is 7.18. The van der Waals surface area contributed by atoms with Gasteiger partial charge in [0.25, 0.3) is 0 Å². The third-order valence-electron chi connectivity index (χ3n) is 2.10. The van der Waals surface area contributed by atoms with E-state index in [4.69, 9.17) is 4.42 Å². The zero-order valence-corrected chi connectivity index (χ0v) is 9.63. The van der Waals surface area contributed by atoms with Gasteiger partial charge in [0.05, 0.1) is 11.6 Å². The first kappa shape index (κ1) is 11.5. The molecule has 0 saturated heterocycles. The molecule has 0 aliphatic rings. The second-order valence-electron chi connectivity index (χ2n) is 3.25. The summed E-state index contributed by atoms with van der Waals surface area (Å²) in [6, 6.07) is 5.61. The predicted molar refractivity (Wildman–Crippen MR) is 63.3 cm³/mol. The molecule has 0 fully saturated rings. The third-order valence-corrected chi connectivity index (χ3v) is 2.10. The maximum absolute atomic E-state index is 11.6. The van der Waals surface area contributed by atoms with Gasteiger partial charge in [-0.05, 0) is 26.0 Å². The number of aryl methyl sites for hydroxylation is 2. The van der Waals surface area contributed by atoms with E-state index < -0.39 is 0 Å². The van der Waals surface area contributed by atoms with E-state index in [-0.39, 0.29) is 5.43 Å². The zero-order valence-electron chi connectivity index (χ0n) is 9.63. The summed E-state index contributed by atoms with van der Waals surface area (Å²) in [7, 11) is 0. The van der Waals surface area contributed by atoms with Crippen molar-refractivity contribution >= 4 is 11.0 Å². The maximum atomic E-state index is 11.6. The van der Waals surface area contributed by atoms with Gasteiger partial charge in [-0.2, -0.15) is 0 Å². The monoisotopic (exact) mass is 204 g/mol. The molecule has 0 atom stereocenters. The van der Waals surface area contributed by atoms with Crippen LogP contribution in [0.3, 0.4) is 0 Å². The lowest BCUT2D eigenvalue weighted by molar-refractivity contribution is 0.597. The van der Waals surface area contributed by atoms with Crippen molar-refractivity contribution in [2.75, 3.05) is 0 Å². The lowest BCUT2D eigenvalue weighted by Gasteiger charge is -1.98. The van der Waals surface area contributed by atoms with Crippen molar-refractivity contribution in [2.24, 2.45) is 0 Å². The van der Waals surface area contributed by atoms with Crippen LogP contribution in [-0.2, 0) is 0 Å². The van der Waals surface area contributed by atoms with Crippen LogP contribution in [0.15, 0.2) is 33.7 Å². The molecule has 2 aromatic rings. The van der Waals surface area contributed by atoms with Crippen molar-refractivity contribution in [3.8, 4) is 0 Å². The fourth-order valence-corrected chi connectivity index (χ4v) is 1.34. The molecule has 1 heterocycles. The molecular weight excluding hydrogens is 188 g/mol. The minimum atomic E-state index is 0.0601. The Labute approximate surface area is 89.5 Å². The normalized spacial score (nSPS) is 9.60. The molecule has 1 aromatic heterocycles. The highest BCUT2D eigenvalue weighted by molar-refractivity contribution is 5.77. The van der Waals surface area contributed by atoms with E-state index in [0.717, 1.165) is 5.56 Å². The molecular formula is C13H16O2. The lowest BCUT2D eigenvalue weighted by Crippen LogP contribution is -2.04. The number of hydrogen-bond donors (Lipinski definition) is 0. The second-order valence-corrected chi connectivity index (χ2v) is 3.25. The van der Waals surface area contributed by atoms with Crippen LogP contribution in [-0.4, -0.2) is 0 Å².